The normalized spacial score (nSPS) is 13.8. The van der Waals surface area contributed by atoms with Crippen LogP contribution in [-0.2, 0) is 32.7 Å². The van der Waals surface area contributed by atoms with E-state index < -0.39 is 32.5 Å². The van der Waals surface area contributed by atoms with Gasteiger partial charge in [-0.3, -0.25) is 18.6 Å². The molecule has 0 saturated carbocycles. The number of hydrogen-bond acceptors (Lipinski definition) is 8. The molecule has 9 nitrogen and oxygen atoms in total. The van der Waals surface area contributed by atoms with Crippen LogP contribution in [-0.4, -0.2) is 49.3 Å². The van der Waals surface area contributed by atoms with Crippen LogP contribution in [0.3, 0.4) is 0 Å². The lowest BCUT2D eigenvalue weighted by molar-refractivity contribution is -0.161. The third-order valence-electron chi connectivity index (χ3n) is 12.9. The van der Waals surface area contributed by atoms with Gasteiger partial charge in [0.2, 0.25) is 0 Å². The minimum atomic E-state index is -4.39. The molecule has 10 heteroatoms. The Kier molecular flexibility index (Phi) is 58.2. The van der Waals surface area contributed by atoms with Gasteiger partial charge in [0.25, 0.3) is 0 Å². The van der Waals surface area contributed by atoms with Crippen molar-refractivity contribution in [1.29, 1.82) is 0 Å². The minimum absolute atomic E-state index is 0.0489. The highest BCUT2D eigenvalue weighted by molar-refractivity contribution is 7.47. The van der Waals surface area contributed by atoms with Gasteiger partial charge in [0.15, 0.2) is 6.10 Å². The van der Waals surface area contributed by atoms with E-state index in [0.29, 0.717) is 12.8 Å². The summed E-state index contributed by atoms with van der Waals surface area (Å²) in [4.78, 5) is 35.1. The number of hydrogen-bond donors (Lipinski definition) is 2. The van der Waals surface area contributed by atoms with Gasteiger partial charge in [-0.2, -0.15) is 0 Å². The number of phosphoric ester groups is 1. The molecule has 0 rings (SSSR count). The van der Waals surface area contributed by atoms with Crippen LogP contribution in [0.15, 0.2) is 109 Å². The number of esters is 2. The van der Waals surface area contributed by atoms with Gasteiger partial charge >= 0.3 is 19.8 Å². The lowest BCUT2D eigenvalue weighted by atomic mass is 10.0. The minimum Gasteiger partial charge on any atom is -0.462 e. The van der Waals surface area contributed by atoms with E-state index in [4.69, 9.17) is 24.3 Å². The molecule has 3 N–H and O–H groups in total. The number of carbonyl (C=O) groups excluding carboxylic acids is 2. The molecule has 0 radical (unpaired) electrons. The van der Waals surface area contributed by atoms with Crippen LogP contribution in [0, 0.1) is 0 Å². The zero-order valence-corrected chi connectivity index (χ0v) is 49.6. The standard InChI is InChI=1S/C66H114NO8P/c1-3-5-7-9-11-13-15-17-19-20-21-22-23-24-25-26-27-28-29-30-31-32-33-34-35-36-37-38-39-40-41-42-43-44-45-47-49-51-53-55-57-59-66(69)75-64(63-74-76(70,71)73-61-60-67)62-72-65(68)58-56-54-52-50-48-46-18-16-14-12-10-8-6-4-2/h5,7,10-13,16-19,21-22,24-25,27-28,30-31,64H,3-4,6,8-9,14-15,20,23,26,29,32-63,67H2,1-2H3,(H,70,71)/b7-5-,12-10-,13-11-,18-16-,19-17-,22-21-,25-24-,28-27-,31-30-. The molecular formula is C66H114NO8P. The molecule has 0 aliphatic carbocycles. The molecule has 0 saturated heterocycles. The fraction of sp³-hybridized carbons (Fsp3) is 0.697. The average Bonchev–Trinajstić information content (AvgIpc) is 3.41. The molecule has 0 heterocycles. The molecule has 0 aromatic heterocycles. The number of allylic oxidation sites excluding steroid dienone is 18. The highest BCUT2D eigenvalue weighted by atomic mass is 31.2. The fourth-order valence-electron chi connectivity index (χ4n) is 8.34. The Morgan fingerprint density at radius 3 is 1.08 bits per heavy atom. The van der Waals surface area contributed by atoms with Crippen molar-refractivity contribution in [2.24, 2.45) is 5.73 Å². The highest BCUT2D eigenvalue weighted by Gasteiger charge is 2.26. The summed E-state index contributed by atoms with van der Waals surface area (Å²) in [6.07, 6.45) is 83.2. The molecule has 2 atom stereocenters. The lowest BCUT2D eigenvalue weighted by Crippen LogP contribution is -2.29. The Morgan fingerprint density at radius 1 is 0.408 bits per heavy atom. The van der Waals surface area contributed by atoms with Crippen LogP contribution in [0.2, 0.25) is 0 Å². The monoisotopic (exact) mass is 1080 g/mol. The van der Waals surface area contributed by atoms with Crippen molar-refractivity contribution in [3.63, 3.8) is 0 Å². The van der Waals surface area contributed by atoms with Crippen molar-refractivity contribution in [3.8, 4) is 0 Å². The maximum absolute atomic E-state index is 12.7. The Bertz CT molecular complexity index is 1610. The van der Waals surface area contributed by atoms with Gasteiger partial charge in [-0.05, 0) is 96.3 Å². The highest BCUT2D eigenvalue weighted by Crippen LogP contribution is 2.43. The van der Waals surface area contributed by atoms with Gasteiger partial charge in [-0.15, -0.1) is 0 Å². The third-order valence-corrected chi connectivity index (χ3v) is 13.9. The zero-order valence-electron chi connectivity index (χ0n) is 48.7. The SMILES string of the molecule is CC/C=C\C/C=C\C/C=C\C/C=C\C/C=C\C/C=C\C/C=C\CCCCCCCCCCCCCCCCCCCCCC(=O)OC(COC(=O)CCCCCCC/C=C\C/C=C\CCCC)COP(=O)(O)OCCN. The van der Waals surface area contributed by atoms with Crippen molar-refractivity contribution in [1.82, 2.24) is 0 Å². The summed E-state index contributed by atoms with van der Waals surface area (Å²) in [6, 6.07) is 0. The molecule has 0 fully saturated rings. The van der Waals surface area contributed by atoms with E-state index in [1.807, 2.05) is 0 Å². The summed E-state index contributed by atoms with van der Waals surface area (Å²) in [7, 11) is -4.39. The number of unbranched alkanes of at least 4 members (excludes halogenated alkanes) is 26. The van der Waals surface area contributed by atoms with Crippen molar-refractivity contribution in [3.05, 3.63) is 109 Å². The van der Waals surface area contributed by atoms with E-state index >= 15 is 0 Å². The molecular weight excluding hydrogens is 966 g/mol. The summed E-state index contributed by atoms with van der Waals surface area (Å²) in [5, 5.41) is 0. The summed E-state index contributed by atoms with van der Waals surface area (Å²) >= 11 is 0. The smallest absolute Gasteiger partial charge is 0.462 e. The molecule has 0 aliphatic rings. The van der Waals surface area contributed by atoms with Gasteiger partial charge in [0.05, 0.1) is 13.2 Å². The second kappa shape index (κ2) is 60.9. The number of nitrogens with two attached hydrogens (primary N) is 1. The molecule has 0 aromatic carbocycles. The van der Waals surface area contributed by atoms with Crippen LogP contribution in [0.1, 0.15) is 264 Å². The van der Waals surface area contributed by atoms with Crippen LogP contribution < -0.4 is 5.73 Å². The predicted octanol–water partition coefficient (Wildman–Crippen LogP) is 19.8. The third kappa shape index (κ3) is 59.9. The predicted molar refractivity (Wildman–Crippen MR) is 325 cm³/mol. The van der Waals surface area contributed by atoms with Gasteiger partial charge in [0, 0.05) is 19.4 Å². The maximum Gasteiger partial charge on any atom is 0.472 e. The fourth-order valence-corrected chi connectivity index (χ4v) is 9.10. The van der Waals surface area contributed by atoms with E-state index in [-0.39, 0.29) is 32.6 Å². The largest absolute Gasteiger partial charge is 0.472 e. The van der Waals surface area contributed by atoms with E-state index in [2.05, 4.69) is 123 Å². The van der Waals surface area contributed by atoms with Gasteiger partial charge in [0.1, 0.15) is 6.61 Å². The van der Waals surface area contributed by atoms with Gasteiger partial charge in [-0.1, -0.05) is 264 Å². The number of rotatable bonds is 57. The van der Waals surface area contributed by atoms with Gasteiger partial charge < -0.3 is 20.1 Å². The van der Waals surface area contributed by atoms with E-state index in [0.717, 1.165) is 109 Å². The average molecular weight is 1080 g/mol. The summed E-state index contributed by atoms with van der Waals surface area (Å²) < 4.78 is 33.0. The second-order valence-electron chi connectivity index (χ2n) is 20.2. The second-order valence-corrected chi connectivity index (χ2v) is 21.6. The first-order chi connectivity index (χ1) is 37.3. The number of ether oxygens (including phenoxy) is 2. The van der Waals surface area contributed by atoms with Crippen LogP contribution >= 0.6 is 7.82 Å². The van der Waals surface area contributed by atoms with E-state index in [9.17, 15) is 19.0 Å². The van der Waals surface area contributed by atoms with Crippen molar-refractivity contribution in [2.45, 2.75) is 270 Å². The number of phosphoric acid groups is 1. The van der Waals surface area contributed by atoms with Crippen LogP contribution in [0.25, 0.3) is 0 Å². The molecule has 0 amide bonds. The van der Waals surface area contributed by atoms with E-state index in [1.165, 1.54) is 116 Å². The molecule has 436 valence electrons. The van der Waals surface area contributed by atoms with Crippen molar-refractivity contribution >= 4 is 19.8 Å². The molecule has 0 spiro atoms. The van der Waals surface area contributed by atoms with Crippen molar-refractivity contribution in [2.75, 3.05) is 26.4 Å². The quantitative estimate of drug-likeness (QED) is 0.0264. The Labute approximate surface area is 467 Å². The maximum atomic E-state index is 12.7. The van der Waals surface area contributed by atoms with E-state index in [1.54, 1.807) is 0 Å². The van der Waals surface area contributed by atoms with Gasteiger partial charge in [-0.25, -0.2) is 4.57 Å². The zero-order chi connectivity index (χ0) is 55.2. The summed E-state index contributed by atoms with van der Waals surface area (Å²) in [5.74, 6) is -0.841. The van der Waals surface area contributed by atoms with Crippen LogP contribution in [0.5, 0.6) is 0 Å². The van der Waals surface area contributed by atoms with Crippen molar-refractivity contribution < 1.29 is 37.6 Å². The summed E-state index contributed by atoms with van der Waals surface area (Å²) in [5.41, 5.74) is 5.38. The molecule has 0 aromatic rings. The summed E-state index contributed by atoms with van der Waals surface area (Å²) in [6.45, 7) is 3.58. The molecule has 0 aliphatic heterocycles. The molecule has 0 bridgehead atoms. The topological polar surface area (TPSA) is 134 Å². The lowest BCUT2D eigenvalue weighted by Gasteiger charge is -2.19. The Hall–Kier alpha value is -3.33. The first-order valence-electron chi connectivity index (χ1n) is 30.9. The Morgan fingerprint density at radius 2 is 0.724 bits per heavy atom. The molecule has 2 unspecified atom stereocenters. The number of carbonyl (C=O) groups is 2. The first-order valence-corrected chi connectivity index (χ1v) is 32.4. The molecule has 76 heavy (non-hydrogen) atoms. The first kappa shape index (κ1) is 72.7. The Balaban J connectivity index is 3.82. The van der Waals surface area contributed by atoms with Crippen LogP contribution in [0.4, 0.5) is 0 Å².